The van der Waals surface area contributed by atoms with E-state index in [-0.39, 0.29) is 5.91 Å². The predicted octanol–water partition coefficient (Wildman–Crippen LogP) is 2.01. The standard InChI is InChI=1S/C12H16BrN3O2/c1-7-4-5-9(6-10(7)13)15-8(2)11(17)16-12(18)14-3/h4-6,8,15H,1-3H3,(H2,14,16,17,18). The Kier molecular flexibility index (Phi) is 5.15. The first-order valence-electron chi connectivity index (χ1n) is 5.49. The topological polar surface area (TPSA) is 70.2 Å². The van der Waals surface area contributed by atoms with E-state index in [1.165, 1.54) is 7.05 Å². The van der Waals surface area contributed by atoms with Crippen LogP contribution < -0.4 is 16.0 Å². The Hall–Kier alpha value is -1.56. The molecule has 0 saturated heterocycles. The summed E-state index contributed by atoms with van der Waals surface area (Å²) in [7, 11) is 1.46. The molecule has 98 valence electrons. The van der Waals surface area contributed by atoms with Crippen molar-refractivity contribution in [3.63, 3.8) is 0 Å². The molecule has 0 saturated carbocycles. The second-order valence-corrected chi connectivity index (χ2v) is 4.75. The predicted molar refractivity (Wildman–Crippen MR) is 74.6 cm³/mol. The zero-order chi connectivity index (χ0) is 13.7. The molecule has 1 aromatic carbocycles. The van der Waals surface area contributed by atoms with E-state index in [4.69, 9.17) is 0 Å². The molecule has 0 aliphatic carbocycles. The molecule has 0 heterocycles. The maximum absolute atomic E-state index is 11.6. The molecule has 0 spiro atoms. The van der Waals surface area contributed by atoms with Crippen LogP contribution in [0.15, 0.2) is 22.7 Å². The second kappa shape index (κ2) is 6.39. The fourth-order valence-corrected chi connectivity index (χ4v) is 1.66. The van der Waals surface area contributed by atoms with Crippen LogP contribution in [-0.2, 0) is 4.79 Å². The van der Waals surface area contributed by atoms with Crippen LogP contribution in [-0.4, -0.2) is 25.0 Å². The fourth-order valence-electron chi connectivity index (χ4n) is 1.28. The van der Waals surface area contributed by atoms with Gasteiger partial charge < -0.3 is 10.6 Å². The van der Waals surface area contributed by atoms with Gasteiger partial charge in [-0.15, -0.1) is 0 Å². The zero-order valence-electron chi connectivity index (χ0n) is 10.5. The van der Waals surface area contributed by atoms with Crippen LogP contribution in [0.3, 0.4) is 0 Å². The van der Waals surface area contributed by atoms with Crippen LogP contribution in [0, 0.1) is 6.92 Å². The number of halogens is 1. The third-order valence-electron chi connectivity index (χ3n) is 2.41. The number of amides is 3. The average molecular weight is 314 g/mol. The van der Waals surface area contributed by atoms with E-state index >= 15 is 0 Å². The van der Waals surface area contributed by atoms with Crippen molar-refractivity contribution in [3.05, 3.63) is 28.2 Å². The number of rotatable bonds is 3. The third-order valence-corrected chi connectivity index (χ3v) is 3.27. The first-order chi connectivity index (χ1) is 8.43. The lowest BCUT2D eigenvalue weighted by Gasteiger charge is -2.15. The minimum absolute atomic E-state index is 0.383. The molecule has 1 rings (SSSR count). The van der Waals surface area contributed by atoms with Gasteiger partial charge in [0.05, 0.1) is 0 Å². The lowest BCUT2D eigenvalue weighted by atomic mass is 10.2. The van der Waals surface area contributed by atoms with Crippen LogP contribution in [0.25, 0.3) is 0 Å². The Morgan fingerprint density at radius 1 is 1.33 bits per heavy atom. The average Bonchev–Trinajstić information content (AvgIpc) is 2.33. The summed E-state index contributed by atoms with van der Waals surface area (Å²) in [5, 5.41) is 7.55. The molecular formula is C12H16BrN3O2. The Morgan fingerprint density at radius 3 is 2.56 bits per heavy atom. The monoisotopic (exact) mass is 313 g/mol. The number of nitrogens with one attached hydrogen (secondary N) is 3. The van der Waals surface area contributed by atoms with Crippen molar-refractivity contribution in [2.45, 2.75) is 19.9 Å². The van der Waals surface area contributed by atoms with Crippen LogP contribution in [0.1, 0.15) is 12.5 Å². The summed E-state index contributed by atoms with van der Waals surface area (Å²) in [6, 6.07) is 4.69. The molecule has 3 N–H and O–H groups in total. The molecule has 5 nitrogen and oxygen atoms in total. The molecule has 1 atom stereocenters. The van der Waals surface area contributed by atoms with E-state index in [0.717, 1.165) is 15.7 Å². The van der Waals surface area contributed by atoms with Gasteiger partial charge in [0.25, 0.3) is 0 Å². The second-order valence-electron chi connectivity index (χ2n) is 3.90. The van der Waals surface area contributed by atoms with Crippen molar-refractivity contribution in [1.82, 2.24) is 10.6 Å². The number of hydrogen-bond acceptors (Lipinski definition) is 3. The van der Waals surface area contributed by atoms with Gasteiger partial charge in [-0.3, -0.25) is 10.1 Å². The summed E-state index contributed by atoms with van der Waals surface area (Å²) in [5.74, 6) is -0.383. The van der Waals surface area contributed by atoms with Crippen molar-refractivity contribution in [1.29, 1.82) is 0 Å². The van der Waals surface area contributed by atoms with Gasteiger partial charge in [0.15, 0.2) is 0 Å². The molecule has 1 unspecified atom stereocenters. The van der Waals surface area contributed by atoms with Gasteiger partial charge in [-0.05, 0) is 31.5 Å². The molecule has 0 aliphatic rings. The van der Waals surface area contributed by atoms with E-state index in [9.17, 15) is 9.59 Å². The van der Waals surface area contributed by atoms with Gasteiger partial charge in [0.2, 0.25) is 5.91 Å². The first kappa shape index (κ1) is 14.5. The maximum Gasteiger partial charge on any atom is 0.321 e. The molecule has 0 aromatic heterocycles. The lowest BCUT2D eigenvalue weighted by molar-refractivity contribution is -0.120. The normalized spacial score (nSPS) is 11.6. The van der Waals surface area contributed by atoms with Crippen LogP contribution >= 0.6 is 15.9 Å². The Bertz CT molecular complexity index is 463. The number of urea groups is 1. The minimum atomic E-state index is -0.515. The minimum Gasteiger partial charge on any atom is -0.374 e. The summed E-state index contributed by atoms with van der Waals surface area (Å²) >= 11 is 3.42. The quantitative estimate of drug-likeness (QED) is 0.799. The first-order valence-corrected chi connectivity index (χ1v) is 6.28. The van der Waals surface area contributed by atoms with Crippen molar-refractivity contribution >= 4 is 33.6 Å². The maximum atomic E-state index is 11.6. The molecular weight excluding hydrogens is 298 g/mol. The van der Waals surface area contributed by atoms with Gasteiger partial charge in [-0.25, -0.2) is 4.79 Å². The highest BCUT2D eigenvalue weighted by molar-refractivity contribution is 9.10. The number of hydrogen-bond donors (Lipinski definition) is 3. The zero-order valence-corrected chi connectivity index (χ0v) is 12.1. The Balaban J connectivity index is 2.63. The molecule has 0 bridgehead atoms. The van der Waals surface area contributed by atoms with Gasteiger partial charge in [0, 0.05) is 17.2 Å². The van der Waals surface area contributed by atoms with Crippen molar-refractivity contribution < 1.29 is 9.59 Å². The van der Waals surface area contributed by atoms with E-state index in [1.54, 1.807) is 6.92 Å². The number of aryl methyl sites for hydroxylation is 1. The molecule has 3 amide bonds. The van der Waals surface area contributed by atoms with E-state index in [1.807, 2.05) is 25.1 Å². The summed E-state index contributed by atoms with van der Waals surface area (Å²) < 4.78 is 0.964. The third kappa shape index (κ3) is 4.03. The molecule has 0 fully saturated rings. The Labute approximate surface area is 114 Å². The largest absolute Gasteiger partial charge is 0.374 e. The summed E-state index contributed by atoms with van der Waals surface area (Å²) in [6.45, 7) is 3.67. The van der Waals surface area contributed by atoms with Gasteiger partial charge >= 0.3 is 6.03 Å². The summed E-state index contributed by atoms with van der Waals surface area (Å²) in [6.07, 6.45) is 0. The van der Waals surface area contributed by atoms with E-state index in [0.29, 0.717) is 0 Å². The number of anilines is 1. The fraction of sp³-hybridized carbons (Fsp3) is 0.333. The molecule has 0 radical (unpaired) electrons. The number of carbonyl (C=O) groups is 2. The van der Waals surface area contributed by atoms with E-state index in [2.05, 4.69) is 31.9 Å². The van der Waals surface area contributed by atoms with Crippen molar-refractivity contribution in [2.24, 2.45) is 0 Å². The van der Waals surface area contributed by atoms with Crippen LogP contribution in [0.5, 0.6) is 0 Å². The number of benzene rings is 1. The Morgan fingerprint density at radius 2 is 2.00 bits per heavy atom. The highest BCUT2D eigenvalue weighted by Crippen LogP contribution is 2.21. The van der Waals surface area contributed by atoms with Crippen LogP contribution in [0.2, 0.25) is 0 Å². The van der Waals surface area contributed by atoms with Crippen LogP contribution in [0.4, 0.5) is 10.5 Å². The molecule has 6 heteroatoms. The molecule has 18 heavy (non-hydrogen) atoms. The number of carbonyl (C=O) groups excluding carboxylic acids is 2. The van der Waals surface area contributed by atoms with Gasteiger partial charge in [-0.2, -0.15) is 0 Å². The van der Waals surface area contributed by atoms with Gasteiger partial charge in [-0.1, -0.05) is 22.0 Å². The highest BCUT2D eigenvalue weighted by atomic mass is 79.9. The van der Waals surface area contributed by atoms with E-state index < -0.39 is 12.1 Å². The number of imide groups is 1. The summed E-state index contributed by atoms with van der Waals surface area (Å²) in [5.41, 5.74) is 1.93. The van der Waals surface area contributed by atoms with Crippen molar-refractivity contribution in [2.75, 3.05) is 12.4 Å². The van der Waals surface area contributed by atoms with Gasteiger partial charge in [0.1, 0.15) is 6.04 Å². The van der Waals surface area contributed by atoms with Crippen molar-refractivity contribution in [3.8, 4) is 0 Å². The molecule has 1 aromatic rings. The molecule has 0 aliphatic heterocycles. The smallest absolute Gasteiger partial charge is 0.321 e. The summed E-state index contributed by atoms with van der Waals surface area (Å²) in [4.78, 5) is 22.6. The SMILES string of the molecule is CNC(=O)NC(=O)C(C)Nc1ccc(C)c(Br)c1. The lowest BCUT2D eigenvalue weighted by Crippen LogP contribution is -2.44. The highest BCUT2D eigenvalue weighted by Gasteiger charge is 2.14.